The lowest BCUT2D eigenvalue weighted by Gasteiger charge is -2.34. The Morgan fingerprint density at radius 3 is 2.72 bits per heavy atom. The van der Waals surface area contributed by atoms with Crippen LogP contribution in [0.3, 0.4) is 0 Å². The van der Waals surface area contributed by atoms with Crippen LogP contribution in [0.25, 0.3) is 0 Å². The highest BCUT2D eigenvalue weighted by atomic mass is 32.2. The molecule has 2 N–H and O–H groups in total. The summed E-state index contributed by atoms with van der Waals surface area (Å²) in [5.41, 5.74) is 0.900. The van der Waals surface area contributed by atoms with Crippen molar-refractivity contribution in [3.05, 3.63) is 36.0 Å². The highest BCUT2D eigenvalue weighted by Gasteiger charge is 2.40. The fraction of sp³-hybridized carbons (Fsp3) is 0.412. The molecule has 1 saturated heterocycles. The van der Waals surface area contributed by atoms with Crippen molar-refractivity contribution in [2.75, 3.05) is 32.8 Å². The maximum absolute atomic E-state index is 12.6. The topological polar surface area (TPSA) is 85.9 Å². The first-order chi connectivity index (χ1) is 12.0. The van der Waals surface area contributed by atoms with E-state index in [4.69, 9.17) is 14.2 Å². The molecule has 0 saturated carbocycles. The van der Waals surface area contributed by atoms with E-state index in [1.807, 2.05) is 6.26 Å². The molecule has 0 spiro atoms. The molecule has 1 aliphatic rings. The second kappa shape index (κ2) is 8.66. The van der Waals surface area contributed by atoms with Crippen molar-refractivity contribution in [3.63, 3.8) is 0 Å². The summed E-state index contributed by atoms with van der Waals surface area (Å²) >= 11 is 1.58. The van der Waals surface area contributed by atoms with Gasteiger partial charge in [-0.3, -0.25) is 4.79 Å². The van der Waals surface area contributed by atoms with Gasteiger partial charge in [-0.25, -0.2) is 4.79 Å². The maximum Gasteiger partial charge on any atom is 0.319 e. The second-order valence-electron chi connectivity index (χ2n) is 5.35. The molecular formula is C17H22N2O5S. The standard InChI is InChI=1S/C17H22N2O5S/c1-10-14(16(20)24-7-8-25-4)15(19-17(21)18-10)12-9-11(22-2)5-6-13(12)23-3/h5-6,9,14-15H,1,7-8H2,2-4H3,(H2,18,19,21)/t14-,15-/m0/s1. The number of urea groups is 1. The Kier molecular flexibility index (Phi) is 6.58. The average molecular weight is 366 g/mol. The number of benzene rings is 1. The Hall–Kier alpha value is -2.35. The van der Waals surface area contributed by atoms with Gasteiger partial charge in [0.25, 0.3) is 0 Å². The largest absolute Gasteiger partial charge is 0.497 e. The van der Waals surface area contributed by atoms with Gasteiger partial charge in [-0.05, 0) is 24.5 Å². The number of amides is 2. The second-order valence-corrected chi connectivity index (χ2v) is 6.33. The number of esters is 1. The predicted octanol–water partition coefficient (Wildman–Crippen LogP) is 2.09. The average Bonchev–Trinajstić information content (AvgIpc) is 2.60. The van der Waals surface area contributed by atoms with Gasteiger partial charge in [0.1, 0.15) is 24.0 Å². The van der Waals surface area contributed by atoms with Crippen molar-refractivity contribution in [3.8, 4) is 11.5 Å². The Balaban J connectivity index is 2.38. The van der Waals surface area contributed by atoms with Crippen LogP contribution in [-0.2, 0) is 9.53 Å². The molecule has 0 radical (unpaired) electrons. The molecule has 0 unspecified atom stereocenters. The molecule has 136 valence electrons. The van der Waals surface area contributed by atoms with Crippen molar-refractivity contribution < 1.29 is 23.8 Å². The molecule has 8 heteroatoms. The molecule has 0 bridgehead atoms. The molecule has 25 heavy (non-hydrogen) atoms. The fourth-order valence-corrected chi connectivity index (χ4v) is 2.87. The van der Waals surface area contributed by atoms with Crippen LogP contribution in [0.4, 0.5) is 4.79 Å². The summed E-state index contributed by atoms with van der Waals surface area (Å²) in [6, 6.07) is 4.08. The Labute approximate surface area is 151 Å². The zero-order valence-electron chi connectivity index (χ0n) is 14.5. The molecule has 1 aromatic carbocycles. The summed E-state index contributed by atoms with van der Waals surface area (Å²) < 4.78 is 16.0. The van der Waals surface area contributed by atoms with Crippen LogP contribution in [0.2, 0.25) is 0 Å². The normalized spacial score (nSPS) is 19.6. The predicted molar refractivity (Wildman–Crippen MR) is 95.9 cm³/mol. The molecule has 1 heterocycles. The van der Waals surface area contributed by atoms with E-state index in [9.17, 15) is 9.59 Å². The van der Waals surface area contributed by atoms with Crippen molar-refractivity contribution in [2.45, 2.75) is 6.04 Å². The van der Waals surface area contributed by atoms with Gasteiger partial charge in [-0.2, -0.15) is 11.8 Å². The zero-order chi connectivity index (χ0) is 18.4. The molecule has 0 aromatic heterocycles. The summed E-state index contributed by atoms with van der Waals surface area (Å²) in [6.45, 7) is 4.11. The van der Waals surface area contributed by atoms with Crippen LogP contribution < -0.4 is 20.1 Å². The lowest BCUT2D eigenvalue weighted by molar-refractivity contribution is -0.147. The summed E-state index contributed by atoms with van der Waals surface area (Å²) in [5.74, 6) is 0.575. The summed E-state index contributed by atoms with van der Waals surface area (Å²) in [7, 11) is 3.06. The van der Waals surface area contributed by atoms with Crippen LogP contribution in [0, 0.1) is 5.92 Å². The molecule has 1 fully saturated rings. The highest BCUT2D eigenvalue weighted by molar-refractivity contribution is 7.98. The minimum absolute atomic E-state index is 0.285. The van der Waals surface area contributed by atoms with Crippen LogP contribution >= 0.6 is 11.8 Å². The van der Waals surface area contributed by atoms with E-state index in [1.165, 1.54) is 7.11 Å². The van der Waals surface area contributed by atoms with E-state index in [0.29, 0.717) is 29.4 Å². The smallest absolute Gasteiger partial charge is 0.319 e. The van der Waals surface area contributed by atoms with Gasteiger partial charge in [0.05, 0.1) is 20.3 Å². The number of methoxy groups -OCH3 is 2. The Morgan fingerprint density at radius 1 is 1.32 bits per heavy atom. The fourth-order valence-electron chi connectivity index (χ4n) is 2.62. The van der Waals surface area contributed by atoms with Gasteiger partial charge in [0, 0.05) is 17.0 Å². The van der Waals surface area contributed by atoms with E-state index < -0.39 is 24.0 Å². The number of hydrogen-bond acceptors (Lipinski definition) is 6. The molecule has 1 aliphatic heterocycles. The minimum atomic E-state index is -0.777. The van der Waals surface area contributed by atoms with E-state index in [1.54, 1.807) is 37.1 Å². The van der Waals surface area contributed by atoms with Crippen molar-refractivity contribution in [2.24, 2.45) is 5.92 Å². The quantitative estimate of drug-likeness (QED) is 0.568. The number of thioether (sulfide) groups is 1. The van der Waals surface area contributed by atoms with Gasteiger partial charge in [-0.1, -0.05) is 6.58 Å². The molecule has 2 amide bonds. The van der Waals surface area contributed by atoms with Gasteiger partial charge in [0.15, 0.2) is 0 Å². The van der Waals surface area contributed by atoms with Crippen molar-refractivity contribution in [1.82, 2.24) is 10.6 Å². The third-order valence-electron chi connectivity index (χ3n) is 3.83. The maximum atomic E-state index is 12.6. The van der Waals surface area contributed by atoms with Crippen LogP contribution in [0.1, 0.15) is 11.6 Å². The zero-order valence-corrected chi connectivity index (χ0v) is 15.3. The summed E-state index contributed by atoms with van der Waals surface area (Å²) in [5, 5.41) is 5.30. The van der Waals surface area contributed by atoms with Gasteiger partial charge in [0.2, 0.25) is 0 Å². The molecule has 0 aliphatic carbocycles. The van der Waals surface area contributed by atoms with E-state index in [2.05, 4.69) is 17.2 Å². The minimum Gasteiger partial charge on any atom is -0.497 e. The SMILES string of the molecule is C=C1NC(=O)N[C@@H](c2cc(OC)ccc2OC)[C@H]1C(=O)OCCSC. The van der Waals surface area contributed by atoms with E-state index >= 15 is 0 Å². The molecular weight excluding hydrogens is 344 g/mol. The molecule has 2 rings (SSSR count). The third-order valence-corrected chi connectivity index (χ3v) is 4.40. The van der Waals surface area contributed by atoms with E-state index in [0.717, 1.165) is 0 Å². The monoisotopic (exact) mass is 366 g/mol. The van der Waals surface area contributed by atoms with Gasteiger partial charge < -0.3 is 24.8 Å². The number of nitrogens with one attached hydrogen (secondary N) is 2. The first-order valence-corrected chi connectivity index (χ1v) is 9.05. The number of ether oxygens (including phenoxy) is 3. The van der Waals surface area contributed by atoms with Crippen LogP contribution in [0.5, 0.6) is 11.5 Å². The molecule has 1 aromatic rings. The first-order valence-electron chi connectivity index (χ1n) is 7.65. The van der Waals surface area contributed by atoms with Crippen molar-refractivity contribution >= 4 is 23.8 Å². The lowest BCUT2D eigenvalue weighted by atomic mass is 9.88. The number of carbonyl (C=O) groups excluding carboxylic acids is 2. The van der Waals surface area contributed by atoms with E-state index in [-0.39, 0.29) is 5.70 Å². The van der Waals surface area contributed by atoms with Crippen LogP contribution in [0.15, 0.2) is 30.5 Å². The number of carbonyl (C=O) groups is 2. The Bertz CT molecular complexity index is 664. The Morgan fingerprint density at radius 2 is 2.08 bits per heavy atom. The molecule has 2 atom stereocenters. The highest BCUT2D eigenvalue weighted by Crippen LogP contribution is 2.37. The number of hydrogen-bond donors (Lipinski definition) is 2. The van der Waals surface area contributed by atoms with Crippen molar-refractivity contribution in [1.29, 1.82) is 0 Å². The lowest BCUT2D eigenvalue weighted by Crippen LogP contribution is -2.51. The molecule has 7 nitrogen and oxygen atoms in total. The van der Waals surface area contributed by atoms with Crippen LogP contribution in [-0.4, -0.2) is 44.8 Å². The summed E-state index contributed by atoms with van der Waals surface area (Å²) in [6.07, 6.45) is 1.93. The first kappa shape index (κ1) is 19.0. The van der Waals surface area contributed by atoms with Gasteiger partial charge in [-0.15, -0.1) is 0 Å². The van der Waals surface area contributed by atoms with Gasteiger partial charge >= 0.3 is 12.0 Å². The number of rotatable bonds is 7. The third kappa shape index (κ3) is 4.39. The summed E-state index contributed by atoms with van der Waals surface area (Å²) in [4.78, 5) is 24.5.